The Morgan fingerprint density at radius 2 is 1.61 bits per heavy atom. The fraction of sp³-hybridized carbons (Fsp3) is 0.625. The van der Waals surface area contributed by atoms with Crippen LogP contribution in [0.2, 0.25) is 0 Å². The molecule has 0 spiro atoms. The summed E-state index contributed by atoms with van der Waals surface area (Å²) in [7, 11) is 0. The maximum absolute atomic E-state index is 12.0. The zero-order valence-corrected chi connectivity index (χ0v) is 21.6. The number of allylic oxidation sites excluding steroid dienone is 5. The van der Waals surface area contributed by atoms with Crippen molar-refractivity contribution in [3.05, 3.63) is 34.9 Å². The van der Waals surface area contributed by atoms with Crippen molar-refractivity contribution in [2.24, 2.45) is 5.84 Å². The van der Waals surface area contributed by atoms with Gasteiger partial charge in [-0.25, -0.2) is 10.6 Å². The lowest BCUT2D eigenvalue weighted by Gasteiger charge is -2.17. The van der Waals surface area contributed by atoms with E-state index in [9.17, 15) is 14.4 Å². The standard InChI is InChI=1S/C24H42N4O4S/c1-6-32-22(29)13-15-26-24(31)27-21(23(30)28-25)17-33-16-14-20(5)12-8-11-19(4)10-7-9-18(2)3/h9,11,14,21H,6-8,10,12-13,15-17,25H2,1-5H3,(H,28,30)(H2,26,27,31). The lowest BCUT2D eigenvalue weighted by molar-refractivity contribution is -0.142. The molecule has 0 aliphatic heterocycles. The van der Waals surface area contributed by atoms with Crippen LogP contribution in [-0.2, 0) is 14.3 Å². The van der Waals surface area contributed by atoms with E-state index in [0.29, 0.717) is 12.4 Å². The molecule has 0 aromatic rings. The first kappa shape index (κ1) is 30.7. The number of thioether (sulfide) groups is 1. The predicted molar refractivity (Wildman–Crippen MR) is 137 cm³/mol. The monoisotopic (exact) mass is 482 g/mol. The molecule has 33 heavy (non-hydrogen) atoms. The van der Waals surface area contributed by atoms with Crippen molar-refractivity contribution in [1.29, 1.82) is 0 Å². The molecule has 0 aliphatic rings. The van der Waals surface area contributed by atoms with E-state index < -0.39 is 18.0 Å². The van der Waals surface area contributed by atoms with Crippen LogP contribution < -0.4 is 21.9 Å². The Morgan fingerprint density at radius 1 is 0.970 bits per heavy atom. The van der Waals surface area contributed by atoms with E-state index in [1.54, 1.807) is 6.92 Å². The lowest BCUT2D eigenvalue weighted by atomic mass is 10.1. The van der Waals surface area contributed by atoms with Gasteiger partial charge in [-0.15, -0.1) is 0 Å². The highest BCUT2D eigenvalue weighted by Crippen LogP contribution is 2.13. The summed E-state index contributed by atoms with van der Waals surface area (Å²) in [6.45, 7) is 10.7. The first-order valence-electron chi connectivity index (χ1n) is 11.4. The number of hydrazine groups is 1. The smallest absolute Gasteiger partial charge is 0.315 e. The zero-order chi connectivity index (χ0) is 25.1. The minimum atomic E-state index is -0.775. The average molecular weight is 483 g/mol. The average Bonchev–Trinajstić information content (AvgIpc) is 2.75. The Labute approximate surface area is 203 Å². The van der Waals surface area contributed by atoms with Crippen LogP contribution in [0.4, 0.5) is 4.79 Å². The summed E-state index contributed by atoms with van der Waals surface area (Å²) in [4.78, 5) is 35.3. The van der Waals surface area contributed by atoms with Gasteiger partial charge >= 0.3 is 12.0 Å². The van der Waals surface area contributed by atoms with Crippen molar-refractivity contribution in [3.8, 4) is 0 Å². The van der Waals surface area contributed by atoms with Crippen LogP contribution in [0.3, 0.4) is 0 Å². The van der Waals surface area contributed by atoms with Crippen LogP contribution >= 0.6 is 11.8 Å². The third kappa shape index (κ3) is 17.9. The summed E-state index contributed by atoms with van der Waals surface area (Å²) >= 11 is 1.53. The van der Waals surface area contributed by atoms with E-state index >= 15 is 0 Å². The first-order valence-corrected chi connectivity index (χ1v) is 12.6. The van der Waals surface area contributed by atoms with E-state index in [2.05, 4.69) is 62.0 Å². The van der Waals surface area contributed by atoms with Gasteiger partial charge in [0.15, 0.2) is 0 Å². The van der Waals surface area contributed by atoms with E-state index in [1.165, 1.54) is 28.5 Å². The molecule has 1 unspecified atom stereocenters. The number of nitrogens with two attached hydrogens (primary N) is 1. The van der Waals surface area contributed by atoms with E-state index in [4.69, 9.17) is 10.6 Å². The van der Waals surface area contributed by atoms with Crippen molar-refractivity contribution in [3.63, 3.8) is 0 Å². The number of carbonyl (C=O) groups is 3. The topological polar surface area (TPSA) is 123 Å². The Bertz CT molecular complexity index is 701. The zero-order valence-electron chi connectivity index (χ0n) is 20.8. The lowest BCUT2D eigenvalue weighted by Crippen LogP contribution is -2.53. The maximum Gasteiger partial charge on any atom is 0.315 e. The third-order valence-electron chi connectivity index (χ3n) is 4.64. The molecule has 0 aliphatic carbocycles. The van der Waals surface area contributed by atoms with Crippen molar-refractivity contribution >= 4 is 29.7 Å². The SMILES string of the molecule is CCOC(=O)CCNC(=O)NC(CSCC=C(C)CCC=C(C)CCC=C(C)C)C(=O)NN. The van der Waals surface area contributed by atoms with Crippen molar-refractivity contribution in [1.82, 2.24) is 16.1 Å². The number of ether oxygens (including phenoxy) is 1. The first-order chi connectivity index (χ1) is 15.7. The van der Waals surface area contributed by atoms with Gasteiger partial charge in [0.2, 0.25) is 0 Å². The van der Waals surface area contributed by atoms with Gasteiger partial charge in [0.1, 0.15) is 6.04 Å². The van der Waals surface area contributed by atoms with Gasteiger partial charge in [-0.05, 0) is 60.3 Å². The molecular formula is C24H42N4O4S. The van der Waals surface area contributed by atoms with Gasteiger partial charge in [0.05, 0.1) is 13.0 Å². The molecule has 8 nitrogen and oxygen atoms in total. The molecule has 0 bridgehead atoms. The normalized spacial score (nSPS) is 12.5. The predicted octanol–water partition coefficient (Wildman–Crippen LogP) is 3.75. The summed E-state index contributed by atoms with van der Waals surface area (Å²) in [5.74, 6) is 5.48. The molecule has 5 N–H and O–H groups in total. The number of nitrogens with one attached hydrogen (secondary N) is 3. The minimum Gasteiger partial charge on any atom is -0.466 e. The second kappa shape index (κ2) is 19.2. The highest BCUT2D eigenvalue weighted by Gasteiger charge is 2.19. The highest BCUT2D eigenvalue weighted by molar-refractivity contribution is 7.99. The number of hydrogen-bond acceptors (Lipinski definition) is 6. The number of hydrogen-bond donors (Lipinski definition) is 4. The van der Waals surface area contributed by atoms with Crippen LogP contribution in [0.1, 0.15) is 66.7 Å². The number of rotatable bonds is 16. The molecule has 0 saturated heterocycles. The number of amides is 3. The van der Waals surface area contributed by atoms with Crippen LogP contribution in [0.25, 0.3) is 0 Å². The van der Waals surface area contributed by atoms with Crippen LogP contribution in [-0.4, -0.2) is 48.6 Å². The fourth-order valence-corrected chi connectivity index (χ4v) is 3.74. The molecule has 0 rings (SSSR count). The van der Waals surface area contributed by atoms with Crippen molar-refractivity contribution < 1.29 is 19.1 Å². The Hall–Kier alpha value is -2.26. The molecule has 0 radical (unpaired) electrons. The summed E-state index contributed by atoms with van der Waals surface area (Å²) in [6.07, 6.45) is 11.0. The molecule has 0 heterocycles. The second-order valence-corrected chi connectivity index (χ2v) is 9.09. The van der Waals surface area contributed by atoms with Gasteiger partial charge in [-0.2, -0.15) is 11.8 Å². The van der Waals surface area contributed by atoms with Gasteiger partial charge in [-0.3, -0.25) is 15.0 Å². The van der Waals surface area contributed by atoms with Gasteiger partial charge in [-0.1, -0.05) is 34.9 Å². The molecular weight excluding hydrogens is 440 g/mol. The van der Waals surface area contributed by atoms with Gasteiger partial charge in [0, 0.05) is 18.1 Å². The molecule has 0 saturated carbocycles. The van der Waals surface area contributed by atoms with Gasteiger partial charge < -0.3 is 15.4 Å². The Kier molecular flexibility index (Phi) is 17.9. The van der Waals surface area contributed by atoms with Crippen LogP contribution in [0.15, 0.2) is 34.9 Å². The molecule has 3 amide bonds. The summed E-state index contributed by atoms with van der Waals surface area (Å²) in [6, 6.07) is -1.31. The second-order valence-electron chi connectivity index (χ2n) is 8.01. The van der Waals surface area contributed by atoms with Gasteiger partial charge in [0.25, 0.3) is 5.91 Å². The van der Waals surface area contributed by atoms with Crippen LogP contribution in [0.5, 0.6) is 0 Å². The maximum atomic E-state index is 12.0. The molecule has 0 aromatic carbocycles. The van der Waals surface area contributed by atoms with E-state index in [1.807, 2.05) is 0 Å². The highest BCUT2D eigenvalue weighted by atomic mass is 32.2. The van der Waals surface area contributed by atoms with Crippen molar-refractivity contribution in [2.45, 2.75) is 72.8 Å². The quantitative estimate of drug-likeness (QED) is 0.0664. The summed E-state index contributed by atoms with van der Waals surface area (Å²) < 4.78 is 4.80. The van der Waals surface area contributed by atoms with E-state index in [-0.39, 0.29) is 18.9 Å². The number of urea groups is 1. The molecule has 1 atom stereocenters. The molecule has 0 fully saturated rings. The minimum absolute atomic E-state index is 0.0675. The van der Waals surface area contributed by atoms with Crippen LogP contribution in [0, 0.1) is 0 Å². The third-order valence-corrected chi connectivity index (χ3v) is 5.61. The van der Waals surface area contributed by atoms with E-state index in [0.717, 1.165) is 31.4 Å². The number of esters is 1. The Balaban J connectivity index is 4.33. The molecule has 188 valence electrons. The Morgan fingerprint density at radius 3 is 2.21 bits per heavy atom. The molecule has 0 aromatic heterocycles. The fourth-order valence-electron chi connectivity index (χ4n) is 2.73. The number of carbonyl (C=O) groups excluding carboxylic acids is 3. The summed E-state index contributed by atoms with van der Waals surface area (Å²) in [5.41, 5.74) is 6.14. The van der Waals surface area contributed by atoms with Crippen molar-refractivity contribution in [2.75, 3.05) is 24.7 Å². The molecule has 9 heteroatoms. The summed E-state index contributed by atoms with van der Waals surface area (Å²) in [5, 5.41) is 5.12. The largest absolute Gasteiger partial charge is 0.466 e.